The molecule has 0 amide bonds. The van der Waals surface area contributed by atoms with Gasteiger partial charge in [0.1, 0.15) is 11.6 Å². The Bertz CT molecular complexity index is 1320. The summed E-state index contributed by atoms with van der Waals surface area (Å²) in [6, 6.07) is 19.0. The van der Waals surface area contributed by atoms with E-state index >= 15 is 0 Å². The third-order valence-corrected chi connectivity index (χ3v) is 5.46. The van der Waals surface area contributed by atoms with Crippen molar-refractivity contribution in [1.29, 1.82) is 0 Å². The quantitative estimate of drug-likeness (QED) is 0.228. The second-order valence-corrected chi connectivity index (χ2v) is 8.21. The molecule has 0 saturated heterocycles. The first kappa shape index (κ1) is 21.9. The first-order chi connectivity index (χ1) is 15.4. The standard InChI is InChI=1S/C23H18BrFN4O2S/c1-31-18-4-2-3-17(12-18)26-23(32)28-27-21-19-11-15(24)7-10-20(19)29(22(21)30)13-14-5-8-16(25)9-6-14/h2-12,30H,13H2,1H3,(H,26,32). The maximum atomic E-state index is 13.3. The number of hydrogen-bond acceptors (Lipinski definition) is 4. The van der Waals surface area contributed by atoms with Gasteiger partial charge in [0.05, 0.1) is 19.2 Å². The van der Waals surface area contributed by atoms with Gasteiger partial charge in [-0.2, -0.15) is 0 Å². The Morgan fingerprint density at radius 3 is 2.69 bits per heavy atom. The number of nitrogens with one attached hydrogen (secondary N) is 1. The van der Waals surface area contributed by atoms with Gasteiger partial charge in [-0.15, -0.1) is 10.2 Å². The number of aromatic hydroxyl groups is 1. The molecule has 0 saturated carbocycles. The van der Waals surface area contributed by atoms with E-state index in [4.69, 9.17) is 17.0 Å². The van der Waals surface area contributed by atoms with Crippen molar-refractivity contribution in [3.63, 3.8) is 0 Å². The Morgan fingerprint density at radius 2 is 1.94 bits per heavy atom. The summed E-state index contributed by atoms with van der Waals surface area (Å²) in [4.78, 5) is 0. The molecule has 0 aliphatic heterocycles. The minimum atomic E-state index is -0.314. The Kier molecular flexibility index (Phi) is 6.48. The van der Waals surface area contributed by atoms with Crippen LogP contribution in [0.5, 0.6) is 11.6 Å². The van der Waals surface area contributed by atoms with Gasteiger partial charge in [0.2, 0.25) is 11.0 Å². The molecular formula is C23H18BrFN4O2S. The number of fused-ring (bicyclic) bond motifs is 1. The number of hydrogen-bond donors (Lipinski definition) is 2. The summed E-state index contributed by atoms with van der Waals surface area (Å²) in [7, 11) is 1.58. The number of aromatic nitrogens is 1. The number of thiocarbonyl (C=S) groups is 1. The summed E-state index contributed by atoms with van der Waals surface area (Å²) < 4.78 is 21.0. The highest BCUT2D eigenvalue weighted by atomic mass is 79.9. The van der Waals surface area contributed by atoms with E-state index in [0.29, 0.717) is 29.1 Å². The Morgan fingerprint density at radius 1 is 1.16 bits per heavy atom. The maximum Gasteiger partial charge on any atom is 0.221 e. The normalized spacial score (nSPS) is 11.2. The van der Waals surface area contributed by atoms with Crippen LogP contribution in [0, 0.1) is 5.82 Å². The maximum absolute atomic E-state index is 13.3. The molecule has 1 heterocycles. The molecule has 0 spiro atoms. The molecule has 2 N–H and O–H groups in total. The predicted molar refractivity (Wildman–Crippen MR) is 131 cm³/mol. The molecule has 4 rings (SSSR count). The van der Waals surface area contributed by atoms with Crippen LogP contribution in [-0.2, 0) is 6.54 Å². The number of azo groups is 1. The van der Waals surface area contributed by atoms with E-state index in [0.717, 1.165) is 15.6 Å². The molecule has 0 atom stereocenters. The lowest BCUT2D eigenvalue weighted by molar-refractivity contribution is 0.415. The molecule has 0 fully saturated rings. The van der Waals surface area contributed by atoms with Gasteiger partial charge in [-0.05, 0) is 60.2 Å². The highest BCUT2D eigenvalue weighted by molar-refractivity contribution is 9.10. The van der Waals surface area contributed by atoms with Crippen molar-refractivity contribution in [2.45, 2.75) is 6.54 Å². The molecule has 9 heteroatoms. The SMILES string of the molecule is COc1cccc(NC(=S)N=Nc2c(O)n(Cc3ccc(F)cc3)c3ccc(Br)cc23)c1. The van der Waals surface area contributed by atoms with Crippen molar-refractivity contribution in [2.24, 2.45) is 10.2 Å². The number of ether oxygens (including phenoxy) is 1. The first-order valence-corrected chi connectivity index (χ1v) is 10.8. The van der Waals surface area contributed by atoms with Gasteiger partial charge < -0.3 is 19.7 Å². The van der Waals surface area contributed by atoms with Gasteiger partial charge >= 0.3 is 0 Å². The van der Waals surface area contributed by atoms with E-state index < -0.39 is 0 Å². The molecule has 4 aromatic rings. The summed E-state index contributed by atoms with van der Waals surface area (Å²) >= 11 is 8.74. The van der Waals surface area contributed by atoms with Crippen LogP contribution in [0.4, 0.5) is 15.8 Å². The van der Waals surface area contributed by atoms with E-state index in [2.05, 4.69) is 31.5 Å². The molecule has 0 unspecified atom stereocenters. The van der Waals surface area contributed by atoms with Crippen LogP contribution in [-0.4, -0.2) is 21.9 Å². The largest absolute Gasteiger partial charge is 0.497 e. The summed E-state index contributed by atoms with van der Waals surface area (Å²) in [6.45, 7) is 0.340. The highest BCUT2D eigenvalue weighted by Gasteiger charge is 2.17. The summed E-state index contributed by atoms with van der Waals surface area (Å²) in [5.74, 6) is 0.308. The number of nitrogens with zero attached hydrogens (tertiary/aromatic N) is 3. The van der Waals surface area contributed by atoms with Crippen molar-refractivity contribution in [3.8, 4) is 11.6 Å². The molecule has 3 aromatic carbocycles. The molecule has 162 valence electrons. The van der Waals surface area contributed by atoms with E-state index in [1.807, 2.05) is 36.4 Å². The smallest absolute Gasteiger partial charge is 0.221 e. The van der Waals surface area contributed by atoms with Crippen LogP contribution in [0.25, 0.3) is 10.9 Å². The van der Waals surface area contributed by atoms with Gasteiger partial charge in [0.15, 0.2) is 5.69 Å². The summed E-state index contributed by atoms with van der Waals surface area (Å²) in [6.07, 6.45) is 0. The van der Waals surface area contributed by atoms with Gasteiger partial charge in [0, 0.05) is 21.6 Å². The second-order valence-electron chi connectivity index (χ2n) is 6.91. The minimum absolute atomic E-state index is 0.0599. The Hall–Kier alpha value is -3.30. The zero-order chi connectivity index (χ0) is 22.7. The van der Waals surface area contributed by atoms with Crippen LogP contribution in [0.15, 0.2) is 81.4 Å². The van der Waals surface area contributed by atoms with Crippen LogP contribution in [0.3, 0.4) is 0 Å². The predicted octanol–water partition coefficient (Wildman–Crippen LogP) is 6.79. The third-order valence-electron chi connectivity index (χ3n) is 4.79. The van der Waals surface area contributed by atoms with Crippen molar-refractivity contribution >= 4 is 55.5 Å². The molecule has 1 aromatic heterocycles. The van der Waals surface area contributed by atoms with Gasteiger partial charge in [-0.25, -0.2) is 4.39 Å². The van der Waals surface area contributed by atoms with Crippen molar-refractivity contribution in [2.75, 3.05) is 12.4 Å². The fourth-order valence-electron chi connectivity index (χ4n) is 3.27. The van der Waals surface area contributed by atoms with Crippen LogP contribution in [0.1, 0.15) is 5.56 Å². The third kappa shape index (κ3) is 4.79. The zero-order valence-electron chi connectivity index (χ0n) is 16.9. The molecule has 32 heavy (non-hydrogen) atoms. The Labute approximate surface area is 197 Å². The average Bonchev–Trinajstić information content (AvgIpc) is 3.04. The van der Waals surface area contributed by atoms with Crippen molar-refractivity contribution in [1.82, 2.24) is 4.57 Å². The number of methoxy groups -OCH3 is 1. The minimum Gasteiger partial charge on any atom is -0.497 e. The van der Waals surface area contributed by atoms with E-state index in [-0.39, 0.29) is 16.8 Å². The number of benzene rings is 3. The lowest BCUT2D eigenvalue weighted by Gasteiger charge is -2.07. The molecule has 0 aliphatic carbocycles. The van der Waals surface area contributed by atoms with E-state index in [1.165, 1.54) is 12.1 Å². The number of halogens is 2. The topological polar surface area (TPSA) is 71.1 Å². The summed E-state index contributed by atoms with van der Waals surface area (Å²) in [5, 5.41) is 23.1. The second kappa shape index (κ2) is 9.46. The van der Waals surface area contributed by atoms with Gasteiger partial charge in [-0.1, -0.05) is 34.1 Å². The summed E-state index contributed by atoms with van der Waals surface area (Å²) in [5.41, 5.74) is 2.59. The van der Waals surface area contributed by atoms with Crippen LogP contribution in [0.2, 0.25) is 0 Å². The van der Waals surface area contributed by atoms with Crippen LogP contribution >= 0.6 is 28.1 Å². The van der Waals surface area contributed by atoms with Gasteiger partial charge in [-0.3, -0.25) is 0 Å². The molecular weight excluding hydrogens is 495 g/mol. The van der Waals surface area contributed by atoms with Crippen LogP contribution < -0.4 is 10.1 Å². The fourth-order valence-corrected chi connectivity index (χ4v) is 3.79. The van der Waals surface area contributed by atoms with Crippen molar-refractivity contribution in [3.05, 3.63) is 82.6 Å². The first-order valence-electron chi connectivity index (χ1n) is 9.56. The lowest BCUT2D eigenvalue weighted by atomic mass is 10.2. The Balaban J connectivity index is 1.65. The van der Waals surface area contributed by atoms with E-state index in [1.54, 1.807) is 29.9 Å². The monoisotopic (exact) mass is 512 g/mol. The zero-order valence-corrected chi connectivity index (χ0v) is 19.3. The van der Waals surface area contributed by atoms with Gasteiger partial charge in [0.25, 0.3) is 0 Å². The highest BCUT2D eigenvalue weighted by Crippen LogP contribution is 2.40. The molecule has 0 aliphatic rings. The van der Waals surface area contributed by atoms with E-state index in [9.17, 15) is 9.50 Å². The molecule has 0 bridgehead atoms. The number of rotatable bonds is 5. The lowest BCUT2D eigenvalue weighted by Crippen LogP contribution is -2.04. The molecule has 6 nitrogen and oxygen atoms in total. The average molecular weight is 513 g/mol. The molecule has 0 radical (unpaired) electrons. The number of anilines is 1. The fraction of sp³-hybridized carbons (Fsp3) is 0.0870. The van der Waals surface area contributed by atoms with Crippen molar-refractivity contribution < 1.29 is 14.2 Å².